The molecule has 0 spiro atoms. The predicted molar refractivity (Wildman–Crippen MR) is 121 cm³/mol. The quantitative estimate of drug-likeness (QED) is 0.144. The Labute approximate surface area is 178 Å². The molecule has 0 heterocycles. The molecular weight excluding hydrogens is 360 g/mol. The Morgan fingerprint density at radius 1 is 0.862 bits per heavy atom. The predicted octanol–water partition coefficient (Wildman–Crippen LogP) is 7.14. The highest BCUT2D eigenvalue weighted by Gasteiger charge is 2.31. The molecular formula is C26H42O3. The van der Waals surface area contributed by atoms with Crippen LogP contribution < -0.4 is 0 Å². The molecule has 0 aliphatic rings. The van der Waals surface area contributed by atoms with Gasteiger partial charge < -0.3 is 4.74 Å². The summed E-state index contributed by atoms with van der Waals surface area (Å²) in [5.74, 6) is -0.893. The molecule has 1 unspecified atom stereocenters. The number of rotatable bonds is 14. The van der Waals surface area contributed by atoms with E-state index in [1.165, 1.54) is 38.5 Å². The fraction of sp³-hybridized carbons (Fsp3) is 0.692. The molecule has 3 heteroatoms. The molecule has 0 fully saturated rings. The Morgan fingerprint density at radius 3 is 1.90 bits per heavy atom. The van der Waals surface area contributed by atoms with Crippen molar-refractivity contribution in [3.05, 3.63) is 34.4 Å². The normalized spacial score (nSPS) is 12.2. The van der Waals surface area contributed by atoms with Gasteiger partial charge in [-0.25, -0.2) is 0 Å². The van der Waals surface area contributed by atoms with E-state index in [9.17, 15) is 9.59 Å². The van der Waals surface area contributed by atoms with Gasteiger partial charge in [0.1, 0.15) is 5.92 Å². The summed E-state index contributed by atoms with van der Waals surface area (Å²) in [6.07, 6.45) is 10.2. The van der Waals surface area contributed by atoms with Gasteiger partial charge in [-0.3, -0.25) is 9.59 Å². The van der Waals surface area contributed by atoms with Gasteiger partial charge in [0.25, 0.3) is 0 Å². The number of benzene rings is 1. The molecule has 0 radical (unpaired) electrons. The van der Waals surface area contributed by atoms with Crippen molar-refractivity contribution in [1.29, 1.82) is 0 Å². The van der Waals surface area contributed by atoms with Gasteiger partial charge in [-0.15, -0.1) is 0 Å². The van der Waals surface area contributed by atoms with Gasteiger partial charge >= 0.3 is 5.97 Å². The molecule has 1 aromatic carbocycles. The third kappa shape index (κ3) is 9.14. The number of aryl methyl sites for hydroxylation is 3. The zero-order valence-corrected chi connectivity index (χ0v) is 19.6. The number of hydrogen-bond acceptors (Lipinski definition) is 3. The lowest BCUT2D eigenvalue weighted by molar-refractivity contribution is -0.147. The van der Waals surface area contributed by atoms with E-state index < -0.39 is 5.92 Å². The third-order valence-corrected chi connectivity index (χ3v) is 5.47. The van der Waals surface area contributed by atoms with E-state index in [0.29, 0.717) is 18.6 Å². The number of unbranched alkanes of at least 4 members (excludes halogenated alkanes) is 7. The van der Waals surface area contributed by atoms with Gasteiger partial charge in [-0.05, 0) is 50.7 Å². The van der Waals surface area contributed by atoms with Crippen LogP contribution in [0.3, 0.4) is 0 Å². The van der Waals surface area contributed by atoms with E-state index >= 15 is 0 Å². The van der Waals surface area contributed by atoms with Gasteiger partial charge in [-0.1, -0.05) is 83.4 Å². The van der Waals surface area contributed by atoms with Gasteiger partial charge in [0.05, 0.1) is 6.61 Å². The first-order valence-electron chi connectivity index (χ1n) is 11.6. The highest BCUT2D eigenvalue weighted by molar-refractivity contribution is 6.10. The minimum absolute atomic E-state index is 0.0883. The first-order valence-corrected chi connectivity index (χ1v) is 11.6. The van der Waals surface area contributed by atoms with Crippen molar-refractivity contribution in [3.8, 4) is 0 Å². The molecule has 0 amide bonds. The lowest BCUT2D eigenvalue weighted by Crippen LogP contribution is -2.29. The summed E-state index contributed by atoms with van der Waals surface area (Å²) < 4.78 is 5.54. The third-order valence-electron chi connectivity index (χ3n) is 5.47. The van der Waals surface area contributed by atoms with Gasteiger partial charge in [-0.2, -0.15) is 0 Å². The molecule has 0 aliphatic heterocycles. The standard InChI is InChI=1S/C26H42O3/c1-7-8-9-10-11-12-13-14-15-29-26(28)23(16-19(2)3)25(27)24-21(5)17-20(4)18-22(24)6/h17-19,23H,7-16H2,1-6H3. The maximum absolute atomic E-state index is 13.2. The van der Waals surface area contributed by atoms with E-state index in [4.69, 9.17) is 4.74 Å². The SMILES string of the molecule is CCCCCCCCCCOC(=O)C(CC(C)C)C(=O)c1c(C)cc(C)cc1C. The van der Waals surface area contributed by atoms with Gasteiger partial charge in [0, 0.05) is 5.56 Å². The Bertz CT molecular complexity index is 622. The topological polar surface area (TPSA) is 43.4 Å². The van der Waals surface area contributed by atoms with Crippen molar-refractivity contribution >= 4 is 11.8 Å². The number of hydrogen-bond donors (Lipinski definition) is 0. The van der Waals surface area contributed by atoms with Crippen LogP contribution in [-0.4, -0.2) is 18.4 Å². The van der Waals surface area contributed by atoms with Gasteiger partial charge in [0.2, 0.25) is 0 Å². The van der Waals surface area contributed by atoms with E-state index in [1.54, 1.807) is 0 Å². The number of esters is 1. The maximum atomic E-state index is 13.2. The molecule has 1 aromatic rings. The van der Waals surface area contributed by atoms with Crippen LogP contribution in [0, 0.1) is 32.6 Å². The van der Waals surface area contributed by atoms with Crippen LogP contribution in [0.25, 0.3) is 0 Å². The molecule has 1 atom stereocenters. The summed E-state index contributed by atoms with van der Waals surface area (Å²) in [5.41, 5.74) is 3.70. The maximum Gasteiger partial charge on any atom is 0.316 e. The van der Waals surface area contributed by atoms with E-state index in [-0.39, 0.29) is 17.7 Å². The molecule has 1 rings (SSSR count). The highest BCUT2D eigenvalue weighted by atomic mass is 16.5. The molecule has 0 aromatic heterocycles. The van der Waals surface area contributed by atoms with Crippen LogP contribution in [-0.2, 0) is 9.53 Å². The van der Waals surface area contributed by atoms with E-state index in [0.717, 1.165) is 29.5 Å². The van der Waals surface area contributed by atoms with Crippen molar-refractivity contribution in [1.82, 2.24) is 0 Å². The zero-order chi connectivity index (χ0) is 21.8. The number of Topliss-reactive ketones (excluding diaryl/α,β-unsaturated/α-hetero) is 1. The first kappa shape index (κ1) is 25.4. The summed E-state index contributed by atoms with van der Waals surface area (Å²) in [6, 6.07) is 4.02. The number of ether oxygens (including phenoxy) is 1. The second-order valence-corrected chi connectivity index (χ2v) is 8.96. The Morgan fingerprint density at radius 2 is 1.38 bits per heavy atom. The molecule has 0 saturated heterocycles. The summed E-state index contributed by atoms with van der Waals surface area (Å²) in [4.78, 5) is 26.0. The number of carbonyl (C=O) groups is 2. The van der Waals surface area contributed by atoms with Crippen LogP contribution in [0.15, 0.2) is 12.1 Å². The lowest BCUT2D eigenvalue weighted by atomic mass is 9.85. The minimum atomic E-state index is -0.704. The van der Waals surface area contributed by atoms with Crippen LogP contribution in [0.4, 0.5) is 0 Å². The summed E-state index contributed by atoms with van der Waals surface area (Å²) >= 11 is 0. The second kappa shape index (κ2) is 13.6. The lowest BCUT2D eigenvalue weighted by Gasteiger charge is -2.19. The second-order valence-electron chi connectivity index (χ2n) is 8.96. The Hall–Kier alpha value is -1.64. The van der Waals surface area contributed by atoms with Crippen LogP contribution in [0.1, 0.15) is 106 Å². The Balaban J connectivity index is 2.60. The molecule has 0 N–H and O–H groups in total. The van der Waals surface area contributed by atoms with Crippen LogP contribution in [0.2, 0.25) is 0 Å². The number of carbonyl (C=O) groups excluding carboxylic acids is 2. The largest absolute Gasteiger partial charge is 0.465 e. The van der Waals surface area contributed by atoms with Crippen molar-refractivity contribution in [2.45, 2.75) is 99.3 Å². The molecule has 164 valence electrons. The smallest absolute Gasteiger partial charge is 0.316 e. The summed E-state index contributed by atoms with van der Waals surface area (Å²) in [6.45, 7) is 12.7. The fourth-order valence-corrected chi connectivity index (χ4v) is 4.03. The van der Waals surface area contributed by atoms with Crippen molar-refractivity contribution in [2.75, 3.05) is 6.61 Å². The molecule has 0 saturated carbocycles. The Kier molecular flexibility index (Phi) is 11.9. The summed E-state index contributed by atoms with van der Waals surface area (Å²) in [5, 5.41) is 0. The van der Waals surface area contributed by atoms with Crippen LogP contribution >= 0.6 is 0 Å². The van der Waals surface area contributed by atoms with E-state index in [2.05, 4.69) is 6.92 Å². The molecule has 0 aliphatic carbocycles. The average molecular weight is 403 g/mol. The molecule has 29 heavy (non-hydrogen) atoms. The monoisotopic (exact) mass is 402 g/mol. The average Bonchev–Trinajstić information content (AvgIpc) is 2.63. The van der Waals surface area contributed by atoms with Gasteiger partial charge in [0.15, 0.2) is 5.78 Å². The van der Waals surface area contributed by atoms with Crippen molar-refractivity contribution < 1.29 is 14.3 Å². The van der Waals surface area contributed by atoms with Crippen LogP contribution in [0.5, 0.6) is 0 Å². The zero-order valence-electron chi connectivity index (χ0n) is 19.6. The molecule has 0 bridgehead atoms. The van der Waals surface area contributed by atoms with Crippen molar-refractivity contribution in [2.24, 2.45) is 11.8 Å². The van der Waals surface area contributed by atoms with Crippen molar-refractivity contribution in [3.63, 3.8) is 0 Å². The fourth-order valence-electron chi connectivity index (χ4n) is 4.03. The summed E-state index contributed by atoms with van der Waals surface area (Å²) in [7, 11) is 0. The first-order chi connectivity index (χ1) is 13.8. The van der Waals surface area contributed by atoms with E-state index in [1.807, 2.05) is 46.8 Å². The highest BCUT2D eigenvalue weighted by Crippen LogP contribution is 2.25. The minimum Gasteiger partial charge on any atom is -0.465 e. The number of ketones is 1. The molecule has 3 nitrogen and oxygen atoms in total.